The molecule has 0 unspecified atom stereocenters. The highest BCUT2D eigenvalue weighted by molar-refractivity contribution is 7.93. The number of hydrogen-bond donors (Lipinski definition) is 0. The average molecular weight is 315 g/mol. The first-order chi connectivity index (χ1) is 10.6. The van der Waals surface area contributed by atoms with Crippen molar-refractivity contribution in [3.8, 4) is 0 Å². The number of hydrogen-bond acceptors (Lipinski definition) is 2. The molecule has 0 saturated carbocycles. The largest absolute Gasteiger partial charge is 0.307 e. The minimum Gasteiger partial charge on any atom is -0.307 e. The fraction of sp³-hybridized carbons (Fsp3) is 0.333. The van der Waals surface area contributed by atoms with Crippen LogP contribution in [0.2, 0.25) is 0 Å². The molecule has 1 fully saturated rings. The van der Waals surface area contributed by atoms with Crippen LogP contribution in [0.15, 0.2) is 74.8 Å². The quantitative estimate of drug-likeness (QED) is 0.790. The van der Waals surface area contributed by atoms with Gasteiger partial charge >= 0.3 is 0 Å². The fourth-order valence-corrected chi connectivity index (χ4v) is 5.02. The van der Waals surface area contributed by atoms with Gasteiger partial charge in [-0.1, -0.05) is 36.4 Å². The summed E-state index contributed by atoms with van der Waals surface area (Å²) in [4.78, 5) is 1.60. The second-order valence-corrected chi connectivity index (χ2v) is 8.45. The lowest BCUT2D eigenvalue weighted by Gasteiger charge is -2.27. The highest BCUT2D eigenvalue weighted by Gasteiger charge is 2.27. The van der Waals surface area contributed by atoms with E-state index in [9.17, 15) is 4.21 Å². The van der Waals surface area contributed by atoms with Crippen LogP contribution in [0.25, 0.3) is 0 Å². The normalized spacial score (nSPS) is 17.3. The van der Waals surface area contributed by atoms with Crippen LogP contribution in [0.3, 0.4) is 0 Å². The zero-order chi connectivity index (χ0) is 15.5. The van der Waals surface area contributed by atoms with Gasteiger partial charge in [-0.05, 0) is 24.3 Å². The third-order valence-electron chi connectivity index (χ3n) is 4.35. The molecule has 0 bridgehead atoms. The summed E-state index contributed by atoms with van der Waals surface area (Å²) in [6.45, 7) is 2.87. The van der Waals surface area contributed by atoms with Gasteiger partial charge in [0.05, 0.1) is 29.9 Å². The van der Waals surface area contributed by atoms with Crippen LogP contribution in [0.5, 0.6) is 0 Å². The van der Waals surface area contributed by atoms with Crippen molar-refractivity contribution in [1.29, 1.82) is 0 Å². The number of nitrogens with zero attached hydrogens (tertiary/aromatic N) is 2. The van der Waals surface area contributed by atoms with Gasteiger partial charge < -0.3 is 4.48 Å². The Morgan fingerprint density at radius 1 is 0.909 bits per heavy atom. The zero-order valence-corrected chi connectivity index (χ0v) is 13.8. The Balaban J connectivity index is 2.06. The molecule has 1 heterocycles. The summed E-state index contributed by atoms with van der Waals surface area (Å²) in [6, 6.07) is 19.3. The summed E-state index contributed by atoms with van der Waals surface area (Å²) in [5, 5.41) is 0. The number of rotatable bonds is 4. The topological polar surface area (TPSA) is 29.4 Å². The van der Waals surface area contributed by atoms with Crippen molar-refractivity contribution >= 4 is 9.73 Å². The molecule has 4 heteroatoms. The molecule has 1 aliphatic rings. The molecule has 0 amide bonds. The highest BCUT2D eigenvalue weighted by Crippen LogP contribution is 2.25. The van der Waals surface area contributed by atoms with E-state index < -0.39 is 9.73 Å². The van der Waals surface area contributed by atoms with Gasteiger partial charge in [-0.2, -0.15) is 4.36 Å². The maximum Gasteiger partial charge on any atom is 0.182 e. The monoisotopic (exact) mass is 315 g/mol. The Hall–Kier alpha value is -1.65. The van der Waals surface area contributed by atoms with E-state index in [0.29, 0.717) is 6.67 Å². The van der Waals surface area contributed by atoms with Gasteiger partial charge in [-0.3, -0.25) is 0 Å². The van der Waals surface area contributed by atoms with Gasteiger partial charge in [0.25, 0.3) is 0 Å². The van der Waals surface area contributed by atoms with Crippen molar-refractivity contribution in [2.45, 2.75) is 22.6 Å². The molecule has 2 aromatic carbocycles. The lowest BCUT2D eigenvalue weighted by molar-refractivity contribution is -0.896. The second kappa shape index (κ2) is 6.23. The molecule has 22 heavy (non-hydrogen) atoms. The Bertz CT molecular complexity index is 683. The molecule has 1 saturated heterocycles. The van der Waals surface area contributed by atoms with Gasteiger partial charge in [0, 0.05) is 12.8 Å². The lowest BCUT2D eigenvalue weighted by Crippen LogP contribution is -2.41. The zero-order valence-electron chi connectivity index (χ0n) is 13.0. The molecule has 2 aromatic rings. The van der Waals surface area contributed by atoms with E-state index in [2.05, 4.69) is 7.05 Å². The molecule has 116 valence electrons. The van der Waals surface area contributed by atoms with E-state index in [0.717, 1.165) is 27.4 Å². The summed E-state index contributed by atoms with van der Waals surface area (Å²) in [5.74, 6) is 0. The van der Waals surface area contributed by atoms with Crippen molar-refractivity contribution in [2.75, 3.05) is 26.8 Å². The molecule has 0 spiro atoms. The first-order valence-corrected chi connectivity index (χ1v) is 9.31. The summed E-state index contributed by atoms with van der Waals surface area (Å²) >= 11 is 0. The summed E-state index contributed by atoms with van der Waals surface area (Å²) in [5.41, 5.74) is 0. The van der Waals surface area contributed by atoms with Gasteiger partial charge in [0.1, 0.15) is 9.73 Å². The van der Waals surface area contributed by atoms with Crippen LogP contribution < -0.4 is 0 Å². The average Bonchev–Trinajstić information content (AvgIpc) is 3.01. The Kier molecular flexibility index (Phi) is 4.32. The fourth-order valence-electron chi connectivity index (χ4n) is 2.96. The minimum atomic E-state index is -2.56. The van der Waals surface area contributed by atoms with Crippen LogP contribution in [-0.2, 0) is 9.73 Å². The van der Waals surface area contributed by atoms with Crippen molar-refractivity contribution in [1.82, 2.24) is 0 Å². The molecular weight excluding hydrogens is 292 g/mol. The van der Waals surface area contributed by atoms with E-state index >= 15 is 0 Å². The highest BCUT2D eigenvalue weighted by atomic mass is 32.2. The maximum atomic E-state index is 13.7. The third kappa shape index (κ3) is 3.08. The van der Waals surface area contributed by atoms with Crippen LogP contribution >= 0.6 is 0 Å². The predicted octanol–water partition coefficient (Wildman–Crippen LogP) is 3.77. The Morgan fingerprint density at radius 2 is 1.36 bits per heavy atom. The van der Waals surface area contributed by atoms with Gasteiger partial charge in [-0.25, -0.2) is 4.21 Å². The van der Waals surface area contributed by atoms with Crippen LogP contribution in [0.1, 0.15) is 12.8 Å². The first kappa shape index (κ1) is 15.3. The predicted molar refractivity (Wildman–Crippen MR) is 90.0 cm³/mol. The lowest BCUT2D eigenvalue weighted by atomic mass is 10.4. The smallest absolute Gasteiger partial charge is 0.182 e. The van der Waals surface area contributed by atoms with Crippen molar-refractivity contribution in [3.63, 3.8) is 0 Å². The van der Waals surface area contributed by atoms with Gasteiger partial charge in [0.15, 0.2) is 6.67 Å². The molecular formula is C18H23N2OS+. The number of benzene rings is 2. The standard InChI is InChI=1S/C18H23N2OS/c1-20(14-8-9-15-20)16-19-22(21,17-10-4-2-5-11-17)18-12-6-3-7-13-18/h2-7,10-13H,8-9,14-16H2,1H3/q+1. The van der Waals surface area contributed by atoms with Crippen molar-refractivity contribution in [3.05, 3.63) is 60.7 Å². The Labute approximate surface area is 133 Å². The van der Waals surface area contributed by atoms with Crippen LogP contribution in [0, 0.1) is 0 Å². The number of quaternary nitrogens is 1. The molecule has 0 atom stereocenters. The minimum absolute atomic E-state index is 0.614. The Morgan fingerprint density at radius 3 is 1.82 bits per heavy atom. The van der Waals surface area contributed by atoms with Gasteiger partial charge in [0.2, 0.25) is 0 Å². The van der Waals surface area contributed by atoms with Gasteiger partial charge in [-0.15, -0.1) is 0 Å². The van der Waals surface area contributed by atoms with Crippen molar-refractivity contribution < 1.29 is 8.69 Å². The number of likely N-dealkylation sites (tertiary alicyclic amines) is 1. The first-order valence-electron chi connectivity index (χ1n) is 7.79. The third-order valence-corrected chi connectivity index (χ3v) is 6.65. The summed E-state index contributed by atoms with van der Waals surface area (Å²) in [7, 11) is -0.348. The van der Waals surface area contributed by atoms with Crippen LogP contribution in [-0.4, -0.2) is 35.5 Å². The molecule has 0 aromatic heterocycles. The second-order valence-electron chi connectivity index (χ2n) is 6.20. The van der Waals surface area contributed by atoms with E-state index in [1.54, 1.807) is 0 Å². The van der Waals surface area contributed by atoms with E-state index in [1.807, 2.05) is 60.7 Å². The van der Waals surface area contributed by atoms with E-state index in [-0.39, 0.29) is 0 Å². The molecule has 1 aliphatic heterocycles. The van der Waals surface area contributed by atoms with E-state index in [4.69, 9.17) is 4.36 Å². The SMILES string of the molecule is C[N+]1(CN=S(=O)(c2ccccc2)c2ccccc2)CCCC1. The molecule has 0 aliphatic carbocycles. The summed E-state index contributed by atoms with van der Waals surface area (Å²) < 4.78 is 19.4. The van der Waals surface area contributed by atoms with E-state index in [1.165, 1.54) is 12.8 Å². The maximum absolute atomic E-state index is 13.7. The molecule has 0 radical (unpaired) electrons. The summed E-state index contributed by atoms with van der Waals surface area (Å²) in [6.07, 6.45) is 2.48. The van der Waals surface area contributed by atoms with Crippen molar-refractivity contribution in [2.24, 2.45) is 4.36 Å². The molecule has 3 nitrogen and oxygen atoms in total. The molecule has 3 rings (SSSR count). The van der Waals surface area contributed by atoms with Crippen LogP contribution in [0.4, 0.5) is 0 Å². The molecule has 0 N–H and O–H groups in total.